The first-order valence-corrected chi connectivity index (χ1v) is 5.67. The molecule has 0 aromatic heterocycles. The van der Waals surface area contributed by atoms with Gasteiger partial charge in [-0.05, 0) is 35.4 Å². The quantitative estimate of drug-likeness (QED) is 0.522. The zero-order valence-electron chi connectivity index (χ0n) is 8.76. The molecule has 0 saturated heterocycles. The van der Waals surface area contributed by atoms with Gasteiger partial charge in [-0.25, -0.2) is 0 Å². The number of halogens is 1. The highest BCUT2D eigenvalue weighted by atomic mass is 79.9. The molecule has 17 heavy (non-hydrogen) atoms. The zero-order valence-corrected chi connectivity index (χ0v) is 10.3. The lowest BCUT2D eigenvalue weighted by atomic mass is 10.0. The summed E-state index contributed by atoms with van der Waals surface area (Å²) in [6, 6.07) is 12.4. The number of nitro groups is 1. The number of hydrogen-bond donors (Lipinski definition) is 1. The molecule has 0 radical (unpaired) electrons. The predicted octanol–water partition coefficient (Wildman–Crippen LogP) is 3.61. The standard InChI is InChI=1S/C12H9BrN2O2/c13-10-4-1-8(2-5-10)9-3-6-12(15(16)17)11(14)7-9/h1-7H,14H2. The van der Waals surface area contributed by atoms with Crippen molar-refractivity contribution in [3.63, 3.8) is 0 Å². The Bertz CT molecular complexity index is 567. The third-order valence-corrected chi connectivity index (χ3v) is 2.93. The van der Waals surface area contributed by atoms with Crippen LogP contribution < -0.4 is 5.73 Å². The normalized spacial score (nSPS) is 10.2. The van der Waals surface area contributed by atoms with E-state index in [4.69, 9.17) is 5.73 Å². The molecule has 0 amide bonds. The van der Waals surface area contributed by atoms with Crippen LogP contribution in [0.5, 0.6) is 0 Å². The van der Waals surface area contributed by atoms with Gasteiger partial charge in [-0.2, -0.15) is 0 Å². The van der Waals surface area contributed by atoms with Crippen LogP contribution in [-0.2, 0) is 0 Å². The second-order valence-corrected chi connectivity index (χ2v) is 4.45. The fourth-order valence-corrected chi connectivity index (χ4v) is 1.81. The van der Waals surface area contributed by atoms with Crippen LogP contribution in [0.15, 0.2) is 46.9 Å². The summed E-state index contributed by atoms with van der Waals surface area (Å²) in [6.07, 6.45) is 0. The Labute approximate surface area is 106 Å². The summed E-state index contributed by atoms with van der Waals surface area (Å²) >= 11 is 3.35. The van der Waals surface area contributed by atoms with Gasteiger partial charge in [-0.15, -0.1) is 0 Å². The lowest BCUT2D eigenvalue weighted by Gasteiger charge is -2.03. The van der Waals surface area contributed by atoms with Gasteiger partial charge in [0.1, 0.15) is 5.69 Å². The van der Waals surface area contributed by atoms with Gasteiger partial charge in [0.05, 0.1) is 4.92 Å². The van der Waals surface area contributed by atoms with E-state index in [1.54, 1.807) is 12.1 Å². The van der Waals surface area contributed by atoms with Crippen LogP contribution in [0.3, 0.4) is 0 Å². The van der Waals surface area contributed by atoms with Crippen molar-refractivity contribution in [2.45, 2.75) is 0 Å². The summed E-state index contributed by atoms with van der Waals surface area (Å²) in [5, 5.41) is 10.6. The molecule has 0 fully saturated rings. The summed E-state index contributed by atoms with van der Waals surface area (Å²) in [4.78, 5) is 10.1. The monoisotopic (exact) mass is 292 g/mol. The average molecular weight is 293 g/mol. The molecule has 2 rings (SSSR count). The first kappa shape index (κ1) is 11.6. The van der Waals surface area contributed by atoms with E-state index in [1.807, 2.05) is 24.3 Å². The molecule has 0 atom stereocenters. The molecule has 0 aliphatic heterocycles. The van der Waals surface area contributed by atoms with Crippen LogP contribution in [-0.4, -0.2) is 4.92 Å². The minimum atomic E-state index is -0.485. The van der Waals surface area contributed by atoms with E-state index in [0.29, 0.717) is 0 Å². The Hall–Kier alpha value is -1.88. The molecule has 0 aliphatic carbocycles. The first-order chi connectivity index (χ1) is 8.08. The Morgan fingerprint density at radius 3 is 2.18 bits per heavy atom. The van der Waals surface area contributed by atoms with Gasteiger partial charge in [0.15, 0.2) is 0 Å². The number of nitrogen functional groups attached to an aromatic ring is 1. The molecule has 0 saturated carbocycles. The van der Waals surface area contributed by atoms with Crippen LogP contribution in [0.2, 0.25) is 0 Å². The molecule has 0 unspecified atom stereocenters. The maximum absolute atomic E-state index is 10.6. The van der Waals surface area contributed by atoms with E-state index >= 15 is 0 Å². The van der Waals surface area contributed by atoms with Crippen molar-refractivity contribution in [1.82, 2.24) is 0 Å². The van der Waals surface area contributed by atoms with Crippen molar-refractivity contribution in [3.8, 4) is 11.1 Å². The van der Waals surface area contributed by atoms with Crippen molar-refractivity contribution in [1.29, 1.82) is 0 Å². The van der Waals surface area contributed by atoms with Crippen LogP contribution in [0, 0.1) is 10.1 Å². The van der Waals surface area contributed by atoms with E-state index in [0.717, 1.165) is 15.6 Å². The summed E-state index contributed by atoms with van der Waals surface area (Å²) in [6.45, 7) is 0. The number of anilines is 1. The maximum atomic E-state index is 10.6. The molecule has 86 valence electrons. The lowest BCUT2D eigenvalue weighted by molar-refractivity contribution is -0.383. The third kappa shape index (κ3) is 2.45. The minimum Gasteiger partial charge on any atom is -0.393 e. The number of benzene rings is 2. The molecule has 2 aromatic carbocycles. The van der Waals surface area contributed by atoms with Gasteiger partial charge in [0, 0.05) is 10.5 Å². The largest absolute Gasteiger partial charge is 0.393 e. The SMILES string of the molecule is Nc1cc(-c2ccc(Br)cc2)ccc1[N+](=O)[O-]. The van der Waals surface area contributed by atoms with Gasteiger partial charge < -0.3 is 5.73 Å². The Morgan fingerprint density at radius 1 is 1.06 bits per heavy atom. The predicted molar refractivity (Wildman–Crippen MR) is 70.6 cm³/mol. The molecule has 0 spiro atoms. The van der Waals surface area contributed by atoms with E-state index in [2.05, 4.69) is 15.9 Å². The second-order valence-electron chi connectivity index (χ2n) is 3.54. The van der Waals surface area contributed by atoms with Crippen LogP contribution in [0.25, 0.3) is 11.1 Å². The fourth-order valence-electron chi connectivity index (χ4n) is 1.54. The molecule has 2 N–H and O–H groups in total. The second kappa shape index (κ2) is 4.55. The molecule has 0 bridgehead atoms. The van der Waals surface area contributed by atoms with E-state index in [-0.39, 0.29) is 11.4 Å². The first-order valence-electron chi connectivity index (χ1n) is 4.88. The number of nitrogens with two attached hydrogens (primary N) is 1. The molecule has 0 aliphatic rings. The molecule has 4 nitrogen and oxygen atoms in total. The van der Waals surface area contributed by atoms with Gasteiger partial charge >= 0.3 is 0 Å². The van der Waals surface area contributed by atoms with Gasteiger partial charge in [-0.3, -0.25) is 10.1 Å². The van der Waals surface area contributed by atoms with Gasteiger partial charge in [-0.1, -0.05) is 28.1 Å². The Morgan fingerprint density at radius 2 is 1.65 bits per heavy atom. The maximum Gasteiger partial charge on any atom is 0.292 e. The van der Waals surface area contributed by atoms with E-state index < -0.39 is 4.92 Å². The minimum absolute atomic E-state index is 0.0640. The van der Waals surface area contributed by atoms with Crippen molar-refractivity contribution in [2.24, 2.45) is 0 Å². The van der Waals surface area contributed by atoms with E-state index in [9.17, 15) is 10.1 Å². The highest BCUT2D eigenvalue weighted by molar-refractivity contribution is 9.10. The van der Waals surface area contributed by atoms with E-state index in [1.165, 1.54) is 6.07 Å². The molecular formula is C12H9BrN2O2. The highest BCUT2D eigenvalue weighted by Gasteiger charge is 2.11. The summed E-state index contributed by atoms with van der Waals surface area (Å²) < 4.78 is 0.983. The fraction of sp³-hybridized carbons (Fsp3) is 0. The van der Waals surface area contributed by atoms with Crippen LogP contribution in [0.1, 0.15) is 0 Å². The Balaban J connectivity index is 2.44. The topological polar surface area (TPSA) is 69.2 Å². The smallest absolute Gasteiger partial charge is 0.292 e. The van der Waals surface area contributed by atoms with Crippen molar-refractivity contribution < 1.29 is 4.92 Å². The van der Waals surface area contributed by atoms with Crippen molar-refractivity contribution >= 4 is 27.3 Å². The molecule has 0 heterocycles. The van der Waals surface area contributed by atoms with Crippen LogP contribution >= 0.6 is 15.9 Å². The van der Waals surface area contributed by atoms with Crippen molar-refractivity contribution in [2.75, 3.05) is 5.73 Å². The Kier molecular flexibility index (Phi) is 3.10. The summed E-state index contributed by atoms with van der Waals surface area (Å²) in [5.74, 6) is 0. The molecule has 2 aromatic rings. The average Bonchev–Trinajstić information content (AvgIpc) is 2.29. The van der Waals surface area contributed by atoms with Crippen molar-refractivity contribution in [3.05, 3.63) is 57.1 Å². The highest BCUT2D eigenvalue weighted by Crippen LogP contribution is 2.28. The third-order valence-electron chi connectivity index (χ3n) is 2.40. The molecule has 5 heteroatoms. The number of nitrogens with zero attached hydrogens (tertiary/aromatic N) is 1. The van der Waals surface area contributed by atoms with Crippen LogP contribution in [0.4, 0.5) is 11.4 Å². The number of hydrogen-bond acceptors (Lipinski definition) is 3. The number of nitro benzene ring substituents is 1. The number of rotatable bonds is 2. The van der Waals surface area contributed by atoms with Gasteiger partial charge in [0.25, 0.3) is 5.69 Å². The zero-order chi connectivity index (χ0) is 12.4. The molecular weight excluding hydrogens is 284 g/mol. The summed E-state index contributed by atoms with van der Waals surface area (Å²) in [5.41, 5.74) is 7.58. The summed E-state index contributed by atoms with van der Waals surface area (Å²) in [7, 11) is 0. The van der Waals surface area contributed by atoms with Gasteiger partial charge in [0.2, 0.25) is 0 Å². The lowest BCUT2D eigenvalue weighted by Crippen LogP contribution is -1.95.